The Morgan fingerprint density at radius 2 is 1.76 bits per heavy atom. The highest BCUT2D eigenvalue weighted by Crippen LogP contribution is 2.40. The second-order valence-corrected chi connectivity index (χ2v) is 10.2. The van der Waals surface area contributed by atoms with E-state index in [9.17, 15) is 18.0 Å². The molecule has 0 aliphatic carbocycles. The van der Waals surface area contributed by atoms with Gasteiger partial charge in [0, 0.05) is 42.5 Å². The molecule has 200 valence electrons. The Hall–Kier alpha value is -3.45. The lowest BCUT2D eigenvalue weighted by Crippen LogP contribution is -2.28. The fourth-order valence-electron chi connectivity index (χ4n) is 4.57. The molecule has 0 aliphatic heterocycles. The van der Waals surface area contributed by atoms with E-state index in [1.807, 2.05) is 68.6 Å². The van der Waals surface area contributed by atoms with E-state index in [2.05, 4.69) is 9.88 Å². The molecule has 1 heterocycles. The van der Waals surface area contributed by atoms with E-state index in [1.54, 1.807) is 13.2 Å². The molecule has 1 atom stereocenters. The molecule has 4 aromatic rings. The topological polar surface area (TPSA) is 43.3 Å². The number of aromatic nitrogens is 1. The van der Waals surface area contributed by atoms with Crippen LogP contribution in [0, 0.1) is 5.92 Å². The maximum absolute atomic E-state index is 13.7. The summed E-state index contributed by atoms with van der Waals surface area (Å²) in [5.74, 6) is 0.167. The average molecular weight is 543 g/mol. The van der Waals surface area contributed by atoms with Gasteiger partial charge in [0.15, 0.2) is 0 Å². The first-order chi connectivity index (χ1) is 18.1. The highest BCUT2D eigenvalue weighted by molar-refractivity contribution is 6.31. The summed E-state index contributed by atoms with van der Waals surface area (Å²) < 4.78 is 48.5. The Labute approximate surface area is 225 Å². The molecule has 0 radical (unpaired) electrons. The summed E-state index contributed by atoms with van der Waals surface area (Å²) in [6.45, 7) is 5.00. The second-order valence-electron chi connectivity index (χ2n) is 9.77. The van der Waals surface area contributed by atoms with Gasteiger partial charge in [-0.15, -0.1) is 0 Å². The van der Waals surface area contributed by atoms with Crippen LogP contribution < -0.4 is 10.1 Å². The van der Waals surface area contributed by atoms with Crippen LogP contribution in [0.15, 0.2) is 72.9 Å². The van der Waals surface area contributed by atoms with Crippen LogP contribution in [0.3, 0.4) is 0 Å². The third kappa shape index (κ3) is 6.33. The van der Waals surface area contributed by atoms with Crippen molar-refractivity contribution < 1.29 is 22.7 Å². The Kier molecular flexibility index (Phi) is 8.36. The predicted octanol–water partition coefficient (Wildman–Crippen LogP) is 7.66. The number of carbonyl (C=O) groups excluding carboxylic acids is 1. The molecule has 0 unspecified atom stereocenters. The van der Waals surface area contributed by atoms with Gasteiger partial charge in [-0.25, -0.2) is 0 Å². The van der Waals surface area contributed by atoms with E-state index >= 15 is 0 Å². The zero-order valence-electron chi connectivity index (χ0n) is 21.5. The number of rotatable bonds is 9. The molecule has 38 heavy (non-hydrogen) atoms. The van der Waals surface area contributed by atoms with Gasteiger partial charge in [-0.3, -0.25) is 4.79 Å². The van der Waals surface area contributed by atoms with Crippen LogP contribution >= 0.6 is 11.6 Å². The fraction of sp³-hybridized carbons (Fsp3) is 0.300. The van der Waals surface area contributed by atoms with Crippen LogP contribution in [0.1, 0.15) is 48.4 Å². The quantitative estimate of drug-likeness (QED) is 0.236. The maximum atomic E-state index is 13.7. The largest absolute Gasteiger partial charge is 0.497 e. The summed E-state index contributed by atoms with van der Waals surface area (Å²) in [4.78, 5) is 13.0. The van der Waals surface area contributed by atoms with Crippen molar-refractivity contribution in [2.75, 3.05) is 13.7 Å². The van der Waals surface area contributed by atoms with Crippen molar-refractivity contribution in [3.05, 3.63) is 100 Å². The Bertz CT molecular complexity index is 1410. The standard InChI is InChI=1S/C30H30ClF3N2O2/c1-19(2)16-35-29(37)15-24(21-10-13-27(31)26(14-21)30(32,33)34)25-18-36(28-7-5-4-6-23(25)28)17-20-8-11-22(38-3)12-9-20/h4-14,18-19,24H,15-17H2,1-3H3,(H,35,37)/t24-/m0/s1. The molecule has 4 rings (SSSR count). The van der Waals surface area contributed by atoms with Crippen molar-refractivity contribution in [2.24, 2.45) is 5.92 Å². The van der Waals surface area contributed by atoms with Crippen LogP contribution in [0.4, 0.5) is 13.2 Å². The molecule has 8 heteroatoms. The van der Waals surface area contributed by atoms with Gasteiger partial charge in [-0.05, 0) is 52.9 Å². The lowest BCUT2D eigenvalue weighted by atomic mass is 9.87. The minimum absolute atomic E-state index is 0.00218. The number of hydrogen-bond donors (Lipinski definition) is 1. The number of fused-ring (bicyclic) bond motifs is 1. The minimum atomic E-state index is -4.61. The first kappa shape index (κ1) is 27.6. The smallest absolute Gasteiger partial charge is 0.417 e. The summed E-state index contributed by atoms with van der Waals surface area (Å²) >= 11 is 5.92. The first-order valence-electron chi connectivity index (χ1n) is 12.4. The Morgan fingerprint density at radius 3 is 2.42 bits per heavy atom. The number of carbonyl (C=O) groups is 1. The number of para-hydroxylation sites is 1. The normalized spacial score (nSPS) is 12.6. The van der Waals surface area contributed by atoms with Crippen molar-refractivity contribution >= 4 is 28.4 Å². The van der Waals surface area contributed by atoms with E-state index in [-0.39, 0.29) is 23.3 Å². The molecule has 1 amide bonds. The molecule has 3 aromatic carbocycles. The molecule has 0 fully saturated rings. The van der Waals surface area contributed by atoms with Gasteiger partial charge >= 0.3 is 6.18 Å². The molecule has 1 N–H and O–H groups in total. The van der Waals surface area contributed by atoms with Gasteiger partial charge in [0.25, 0.3) is 0 Å². The van der Waals surface area contributed by atoms with E-state index in [1.165, 1.54) is 6.07 Å². The fourth-order valence-corrected chi connectivity index (χ4v) is 4.80. The number of halogens is 4. The second kappa shape index (κ2) is 11.5. The molecule has 0 saturated heterocycles. The number of benzene rings is 3. The lowest BCUT2D eigenvalue weighted by molar-refractivity contribution is -0.137. The Morgan fingerprint density at radius 1 is 1.05 bits per heavy atom. The molecular weight excluding hydrogens is 513 g/mol. The molecular formula is C30H30ClF3N2O2. The van der Waals surface area contributed by atoms with Crippen molar-refractivity contribution in [1.82, 2.24) is 9.88 Å². The summed E-state index contributed by atoms with van der Waals surface area (Å²) in [6, 6.07) is 19.3. The molecule has 0 spiro atoms. The van der Waals surface area contributed by atoms with Gasteiger partial charge < -0.3 is 14.6 Å². The zero-order valence-corrected chi connectivity index (χ0v) is 22.2. The van der Waals surface area contributed by atoms with Gasteiger partial charge in [-0.2, -0.15) is 13.2 Å². The number of ether oxygens (including phenoxy) is 1. The van der Waals surface area contributed by atoms with E-state index in [0.29, 0.717) is 18.7 Å². The van der Waals surface area contributed by atoms with Crippen molar-refractivity contribution in [3.63, 3.8) is 0 Å². The molecule has 0 saturated carbocycles. The number of nitrogens with one attached hydrogen (secondary N) is 1. The number of methoxy groups -OCH3 is 1. The van der Waals surface area contributed by atoms with Crippen LogP contribution in [0.2, 0.25) is 5.02 Å². The van der Waals surface area contributed by atoms with Crippen molar-refractivity contribution in [1.29, 1.82) is 0 Å². The molecule has 1 aromatic heterocycles. The van der Waals surface area contributed by atoms with E-state index < -0.39 is 17.7 Å². The molecule has 0 aliphatic rings. The van der Waals surface area contributed by atoms with E-state index in [0.717, 1.165) is 33.8 Å². The van der Waals surface area contributed by atoms with Gasteiger partial charge in [0.2, 0.25) is 5.91 Å². The van der Waals surface area contributed by atoms with Crippen LogP contribution in [-0.4, -0.2) is 24.1 Å². The monoisotopic (exact) mass is 542 g/mol. The maximum Gasteiger partial charge on any atom is 0.417 e. The van der Waals surface area contributed by atoms with Gasteiger partial charge in [0.1, 0.15) is 5.75 Å². The highest BCUT2D eigenvalue weighted by atomic mass is 35.5. The average Bonchev–Trinajstić information content (AvgIpc) is 3.24. The van der Waals surface area contributed by atoms with E-state index in [4.69, 9.17) is 16.3 Å². The lowest BCUT2D eigenvalue weighted by Gasteiger charge is -2.20. The van der Waals surface area contributed by atoms with Gasteiger partial charge in [-0.1, -0.05) is 61.8 Å². The number of alkyl halides is 3. The highest BCUT2D eigenvalue weighted by Gasteiger charge is 2.34. The summed E-state index contributed by atoms with van der Waals surface area (Å²) in [5, 5.41) is 3.42. The molecule has 4 nitrogen and oxygen atoms in total. The SMILES string of the molecule is COc1ccc(Cn2cc([C@@H](CC(=O)NCC(C)C)c3ccc(Cl)c(C(F)(F)F)c3)c3ccccc32)cc1. The Balaban J connectivity index is 1.80. The minimum Gasteiger partial charge on any atom is -0.497 e. The number of hydrogen-bond acceptors (Lipinski definition) is 2. The van der Waals surface area contributed by atoms with Crippen LogP contribution in [0.5, 0.6) is 5.75 Å². The predicted molar refractivity (Wildman–Crippen MR) is 145 cm³/mol. The zero-order chi connectivity index (χ0) is 27.4. The molecule has 0 bridgehead atoms. The van der Waals surface area contributed by atoms with Crippen molar-refractivity contribution in [3.8, 4) is 5.75 Å². The summed E-state index contributed by atoms with van der Waals surface area (Å²) in [5.41, 5.74) is 2.22. The number of amides is 1. The summed E-state index contributed by atoms with van der Waals surface area (Å²) in [7, 11) is 1.61. The summed E-state index contributed by atoms with van der Waals surface area (Å²) in [6.07, 6.45) is -2.67. The van der Waals surface area contributed by atoms with Gasteiger partial charge in [0.05, 0.1) is 17.7 Å². The van der Waals surface area contributed by atoms with Crippen LogP contribution in [0.25, 0.3) is 10.9 Å². The third-order valence-electron chi connectivity index (χ3n) is 6.50. The number of nitrogens with zero attached hydrogens (tertiary/aromatic N) is 1. The third-order valence-corrected chi connectivity index (χ3v) is 6.83. The first-order valence-corrected chi connectivity index (χ1v) is 12.8. The van der Waals surface area contributed by atoms with Crippen LogP contribution in [-0.2, 0) is 17.5 Å². The van der Waals surface area contributed by atoms with Crippen molar-refractivity contribution in [2.45, 2.75) is 38.9 Å².